The molecular weight excluding hydrogens is 424 g/mol. The van der Waals surface area contributed by atoms with Gasteiger partial charge in [0.2, 0.25) is 11.8 Å². The maximum atomic E-state index is 13.1. The Morgan fingerprint density at radius 2 is 1.44 bits per heavy atom. The Balaban J connectivity index is 1.57. The fourth-order valence-electron chi connectivity index (χ4n) is 3.89. The van der Waals surface area contributed by atoms with Crippen molar-refractivity contribution in [3.05, 3.63) is 120 Å². The minimum absolute atomic E-state index is 0.0929. The molecule has 0 spiro atoms. The average Bonchev–Trinajstić information content (AvgIpc) is 2.87. The normalized spacial score (nSPS) is 12.9. The number of aromatic hydroxyl groups is 1. The van der Waals surface area contributed by atoms with Crippen molar-refractivity contribution >= 4 is 28.7 Å². The van der Waals surface area contributed by atoms with Crippen molar-refractivity contribution < 1.29 is 14.7 Å². The highest BCUT2D eigenvalue weighted by Crippen LogP contribution is 2.35. The lowest BCUT2D eigenvalue weighted by Gasteiger charge is -2.24. The highest BCUT2D eigenvalue weighted by Gasteiger charge is 2.25. The topological polar surface area (TPSA) is 78.4 Å². The third-order valence-corrected chi connectivity index (χ3v) is 5.63. The number of fused-ring (bicyclic) bond motifs is 1. The zero-order valence-electron chi connectivity index (χ0n) is 18.8. The fraction of sp³-hybridized carbons (Fsp3) is 0.103. The molecule has 34 heavy (non-hydrogen) atoms. The predicted molar refractivity (Wildman–Crippen MR) is 135 cm³/mol. The van der Waals surface area contributed by atoms with Crippen LogP contribution in [0.1, 0.15) is 29.7 Å². The van der Waals surface area contributed by atoms with Crippen molar-refractivity contribution in [3.63, 3.8) is 0 Å². The van der Waals surface area contributed by atoms with Crippen LogP contribution in [0, 0.1) is 0 Å². The van der Waals surface area contributed by atoms with E-state index in [0.717, 1.165) is 21.9 Å². The summed E-state index contributed by atoms with van der Waals surface area (Å²) in [5, 5.41) is 18.3. The van der Waals surface area contributed by atoms with Crippen LogP contribution in [-0.2, 0) is 9.59 Å². The number of phenolic OH excluding ortho intramolecular Hbond substituents is 1. The van der Waals surface area contributed by atoms with E-state index >= 15 is 0 Å². The first-order chi connectivity index (χ1) is 16.5. The Morgan fingerprint density at radius 1 is 0.794 bits per heavy atom. The molecule has 0 aliphatic rings. The Morgan fingerprint density at radius 3 is 2.18 bits per heavy atom. The van der Waals surface area contributed by atoms with Gasteiger partial charge in [0.1, 0.15) is 11.8 Å². The smallest absolute Gasteiger partial charge is 0.244 e. The van der Waals surface area contributed by atoms with Crippen LogP contribution < -0.4 is 10.6 Å². The summed E-state index contributed by atoms with van der Waals surface area (Å²) < 4.78 is 0. The third-order valence-electron chi connectivity index (χ3n) is 5.63. The van der Waals surface area contributed by atoms with E-state index < -0.39 is 12.1 Å². The summed E-state index contributed by atoms with van der Waals surface area (Å²) in [7, 11) is 0. The molecule has 0 aliphatic heterocycles. The molecule has 2 atom stereocenters. The molecule has 170 valence electrons. The van der Waals surface area contributed by atoms with Gasteiger partial charge in [-0.3, -0.25) is 9.59 Å². The number of carbonyl (C=O) groups excluding carboxylic acids is 2. The van der Waals surface area contributed by atoms with E-state index in [4.69, 9.17) is 0 Å². The van der Waals surface area contributed by atoms with Gasteiger partial charge in [0.15, 0.2) is 0 Å². The summed E-state index contributed by atoms with van der Waals surface area (Å²) in [5.41, 5.74) is 2.33. The third kappa shape index (κ3) is 5.33. The van der Waals surface area contributed by atoms with Crippen molar-refractivity contribution in [1.29, 1.82) is 0 Å². The molecule has 0 saturated heterocycles. The molecule has 0 bridgehead atoms. The number of phenols is 1. The van der Waals surface area contributed by atoms with E-state index in [1.54, 1.807) is 19.1 Å². The molecule has 4 rings (SSSR count). The van der Waals surface area contributed by atoms with E-state index in [9.17, 15) is 14.7 Å². The number of carbonyl (C=O) groups is 2. The molecule has 2 amide bonds. The van der Waals surface area contributed by atoms with Crippen molar-refractivity contribution in [1.82, 2.24) is 10.6 Å². The summed E-state index contributed by atoms with van der Waals surface area (Å²) in [6, 6.07) is 28.8. The second-order valence-corrected chi connectivity index (χ2v) is 8.05. The first-order valence-electron chi connectivity index (χ1n) is 11.1. The molecule has 2 unspecified atom stereocenters. The lowest BCUT2D eigenvalue weighted by molar-refractivity contribution is -0.127. The van der Waals surface area contributed by atoms with E-state index in [-0.39, 0.29) is 17.6 Å². The van der Waals surface area contributed by atoms with Gasteiger partial charge >= 0.3 is 0 Å². The zero-order chi connectivity index (χ0) is 23.9. The Labute approximate surface area is 198 Å². The Bertz CT molecular complexity index is 1320. The van der Waals surface area contributed by atoms with Gasteiger partial charge in [-0.15, -0.1) is 0 Å². The van der Waals surface area contributed by atoms with E-state index in [1.807, 2.05) is 91.0 Å². The number of hydrogen-bond acceptors (Lipinski definition) is 3. The van der Waals surface area contributed by atoms with Crippen LogP contribution >= 0.6 is 0 Å². The summed E-state index contributed by atoms with van der Waals surface area (Å²) in [6.45, 7) is 1.63. The number of rotatable bonds is 7. The predicted octanol–water partition coefficient (Wildman–Crippen LogP) is 4.97. The van der Waals surface area contributed by atoms with Crippen LogP contribution in [0.3, 0.4) is 0 Å². The van der Waals surface area contributed by atoms with Crippen molar-refractivity contribution in [2.75, 3.05) is 0 Å². The first kappa shape index (κ1) is 22.8. The van der Waals surface area contributed by atoms with Crippen LogP contribution in [0.5, 0.6) is 5.75 Å². The zero-order valence-corrected chi connectivity index (χ0v) is 18.8. The van der Waals surface area contributed by atoms with Crippen LogP contribution in [-0.4, -0.2) is 23.0 Å². The Kier molecular flexibility index (Phi) is 7.04. The van der Waals surface area contributed by atoms with Gasteiger partial charge in [-0.25, -0.2) is 0 Å². The minimum atomic E-state index is -0.781. The number of benzene rings is 4. The standard InChI is InChI=1S/C29H26N2O3/c1-20(30-26(33)19-16-21-10-4-2-5-11-21)29(34)31-28(23-13-6-3-7-14-23)27-24-15-9-8-12-22(24)17-18-25(27)32/h2-20,28,32H,1H3,(H,30,33)(H,31,34)/b19-16+. The second kappa shape index (κ2) is 10.5. The largest absolute Gasteiger partial charge is 0.508 e. The highest BCUT2D eigenvalue weighted by atomic mass is 16.3. The lowest BCUT2D eigenvalue weighted by Crippen LogP contribution is -2.45. The van der Waals surface area contributed by atoms with Gasteiger partial charge in [-0.1, -0.05) is 91.0 Å². The van der Waals surface area contributed by atoms with Crippen LogP contribution in [0.4, 0.5) is 0 Å². The van der Waals surface area contributed by atoms with Crippen molar-refractivity contribution in [2.45, 2.75) is 19.0 Å². The molecule has 5 heteroatoms. The van der Waals surface area contributed by atoms with Gasteiger partial charge in [0.25, 0.3) is 0 Å². The molecule has 0 heterocycles. The van der Waals surface area contributed by atoms with Crippen LogP contribution in [0.25, 0.3) is 16.8 Å². The summed E-state index contributed by atoms with van der Waals surface area (Å²) >= 11 is 0. The van der Waals surface area contributed by atoms with E-state index in [2.05, 4.69) is 10.6 Å². The molecule has 0 fully saturated rings. The molecule has 0 radical (unpaired) electrons. The number of nitrogens with one attached hydrogen (secondary N) is 2. The van der Waals surface area contributed by atoms with Crippen LogP contribution in [0.2, 0.25) is 0 Å². The number of hydrogen-bond donors (Lipinski definition) is 3. The van der Waals surface area contributed by atoms with E-state index in [1.165, 1.54) is 6.08 Å². The lowest BCUT2D eigenvalue weighted by atomic mass is 9.92. The number of amides is 2. The molecule has 4 aromatic rings. The quantitative estimate of drug-likeness (QED) is 0.348. The SMILES string of the molecule is CC(NC(=O)/C=C/c1ccccc1)C(=O)NC(c1ccccc1)c1c(O)ccc2ccccc12. The average molecular weight is 451 g/mol. The van der Waals surface area contributed by atoms with E-state index in [0.29, 0.717) is 5.56 Å². The fourth-order valence-corrected chi connectivity index (χ4v) is 3.89. The first-order valence-corrected chi connectivity index (χ1v) is 11.1. The van der Waals surface area contributed by atoms with Gasteiger partial charge in [0.05, 0.1) is 6.04 Å². The van der Waals surface area contributed by atoms with Crippen molar-refractivity contribution in [3.8, 4) is 5.75 Å². The molecule has 5 nitrogen and oxygen atoms in total. The summed E-state index contributed by atoms with van der Waals surface area (Å²) in [4.78, 5) is 25.5. The molecule has 0 aromatic heterocycles. The minimum Gasteiger partial charge on any atom is -0.508 e. The maximum absolute atomic E-state index is 13.1. The monoisotopic (exact) mass is 450 g/mol. The highest BCUT2D eigenvalue weighted by molar-refractivity contribution is 5.96. The molecule has 0 saturated carbocycles. The molecule has 4 aromatic carbocycles. The van der Waals surface area contributed by atoms with Gasteiger partial charge in [0, 0.05) is 11.6 Å². The van der Waals surface area contributed by atoms with Crippen LogP contribution in [0.15, 0.2) is 103 Å². The molecule has 0 aliphatic carbocycles. The van der Waals surface area contributed by atoms with Gasteiger partial charge < -0.3 is 15.7 Å². The second-order valence-electron chi connectivity index (χ2n) is 8.05. The Hall–Kier alpha value is -4.38. The van der Waals surface area contributed by atoms with Crippen molar-refractivity contribution in [2.24, 2.45) is 0 Å². The summed E-state index contributed by atoms with van der Waals surface area (Å²) in [6.07, 6.45) is 3.10. The summed E-state index contributed by atoms with van der Waals surface area (Å²) in [5.74, 6) is -0.631. The molecular formula is C29H26N2O3. The molecule has 3 N–H and O–H groups in total. The van der Waals surface area contributed by atoms with Gasteiger partial charge in [-0.2, -0.15) is 0 Å². The maximum Gasteiger partial charge on any atom is 0.244 e. The van der Waals surface area contributed by atoms with Gasteiger partial charge in [-0.05, 0) is 41.0 Å².